The first-order chi connectivity index (χ1) is 9.13. The summed E-state index contributed by atoms with van der Waals surface area (Å²) in [7, 11) is 1.92. The maximum atomic E-state index is 11.9. The minimum absolute atomic E-state index is 0.272. The van der Waals surface area contributed by atoms with Crippen LogP contribution in [0.3, 0.4) is 0 Å². The first-order valence-corrected chi connectivity index (χ1v) is 8.03. The van der Waals surface area contributed by atoms with Gasteiger partial charge in [0, 0.05) is 24.9 Å². The van der Waals surface area contributed by atoms with Crippen molar-refractivity contribution in [3.63, 3.8) is 0 Å². The molecule has 0 heterocycles. The fourth-order valence-electron chi connectivity index (χ4n) is 1.82. The summed E-state index contributed by atoms with van der Waals surface area (Å²) in [5, 5.41) is 0. The number of carbonyl (C=O) groups excluding carboxylic acids is 1. The Kier molecular flexibility index (Phi) is 7.65. The Hall–Kier alpha value is -0.960. The van der Waals surface area contributed by atoms with Crippen LogP contribution in [-0.4, -0.2) is 30.2 Å². The van der Waals surface area contributed by atoms with Crippen molar-refractivity contribution in [1.29, 1.82) is 0 Å². The Morgan fingerprint density at radius 3 is 2.63 bits per heavy atom. The predicted octanol–water partition coefficient (Wildman–Crippen LogP) is 4.06. The van der Waals surface area contributed by atoms with E-state index in [0.717, 1.165) is 25.1 Å². The van der Waals surface area contributed by atoms with Crippen molar-refractivity contribution >= 4 is 17.7 Å². The quantitative estimate of drug-likeness (QED) is 0.528. The van der Waals surface area contributed by atoms with E-state index in [1.807, 2.05) is 41.9 Å². The van der Waals surface area contributed by atoms with Gasteiger partial charge in [0.25, 0.3) is 0 Å². The smallest absolute Gasteiger partial charge is 0.222 e. The van der Waals surface area contributed by atoms with Crippen molar-refractivity contribution in [3.05, 3.63) is 30.3 Å². The lowest BCUT2D eigenvalue weighted by Gasteiger charge is -2.20. The number of hydrogen-bond donors (Lipinski definition) is 0. The van der Waals surface area contributed by atoms with Crippen molar-refractivity contribution in [2.45, 2.75) is 38.0 Å². The summed E-state index contributed by atoms with van der Waals surface area (Å²) in [5.74, 6) is 1.87. The first kappa shape index (κ1) is 16.1. The van der Waals surface area contributed by atoms with E-state index in [-0.39, 0.29) is 5.91 Å². The van der Waals surface area contributed by atoms with Gasteiger partial charge in [-0.3, -0.25) is 4.79 Å². The number of carbonyl (C=O) groups is 1. The molecular formula is C16H25NOS. The van der Waals surface area contributed by atoms with Gasteiger partial charge in [0.2, 0.25) is 5.91 Å². The van der Waals surface area contributed by atoms with Gasteiger partial charge in [-0.15, -0.1) is 11.8 Å². The molecule has 1 aromatic carbocycles. The van der Waals surface area contributed by atoms with Gasteiger partial charge in [-0.25, -0.2) is 0 Å². The third-order valence-corrected chi connectivity index (χ3v) is 4.35. The van der Waals surface area contributed by atoms with E-state index in [1.54, 1.807) is 0 Å². The normalized spacial score (nSPS) is 12.2. The number of thioether (sulfide) groups is 1. The molecule has 106 valence electrons. The SMILES string of the molecule is CCC(C)CN(C)C(=O)CCCSc1ccccc1. The third-order valence-electron chi connectivity index (χ3n) is 3.26. The zero-order valence-corrected chi connectivity index (χ0v) is 13.1. The molecule has 3 heteroatoms. The van der Waals surface area contributed by atoms with Gasteiger partial charge in [-0.1, -0.05) is 38.5 Å². The van der Waals surface area contributed by atoms with E-state index >= 15 is 0 Å². The number of hydrogen-bond acceptors (Lipinski definition) is 2. The van der Waals surface area contributed by atoms with Crippen LogP contribution in [0.2, 0.25) is 0 Å². The average Bonchev–Trinajstić information content (AvgIpc) is 2.44. The van der Waals surface area contributed by atoms with Crippen LogP contribution in [0.4, 0.5) is 0 Å². The fourth-order valence-corrected chi connectivity index (χ4v) is 2.69. The van der Waals surface area contributed by atoms with Gasteiger partial charge in [0.05, 0.1) is 0 Å². The average molecular weight is 279 g/mol. The molecule has 1 unspecified atom stereocenters. The molecule has 0 fully saturated rings. The highest BCUT2D eigenvalue weighted by Crippen LogP contribution is 2.18. The molecule has 0 aliphatic heterocycles. The van der Waals surface area contributed by atoms with Crippen LogP contribution in [-0.2, 0) is 4.79 Å². The van der Waals surface area contributed by atoms with Crippen molar-refractivity contribution < 1.29 is 4.79 Å². The minimum Gasteiger partial charge on any atom is -0.345 e. The summed E-state index contributed by atoms with van der Waals surface area (Å²) in [4.78, 5) is 15.1. The van der Waals surface area contributed by atoms with Crippen LogP contribution in [0.5, 0.6) is 0 Å². The van der Waals surface area contributed by atoms with Crippen LogP contribution < -0.4 is 0 Å². The van der Waals surface area contributed by atoms with E-state index in [9.17, 15) is 4.79 Å². The zero-order valence-electron chi connectivity index (χ0n) is 12.3. The lowest BCUT2D eigenvalue weighted by molar-refractivity contribution is -0.130. The molecule has 19 heavy (non-hydrogen) atoms. The lowest BCUT2D eigenvalue weighted by Crippen LogP contribution is -2.30. The molecule has 1 aromatic rings. The predicted molar refractivity (Wildman–Crippen MR) is 83.5 cm³/mol. The standard InChI is InChI=1S/C16H25NOS/c1-4-14(2)13-17(3)16(18)11-8-12-19-15-9-6-5-7-10-15/h5-7,9-10,14H,4,8,11-13H2,1-3H3. The molecule has 2 nitrogen and oxygen atoms in total. The summed E-state index contributed by atoms with van der Waals surface area (Å²) in [6, 6.07) is 10.3. The molecule has 1 amide bonds. The fraction of sp³-hybridized carbons (Fsp3) is 0.562. The van der Waals surface area contributed by atoms with Gasteiger partial charge >= 0.3 is 0 Å². The van der Waals surface area contributed by atoms with Crippen LogP contribution in [0, 0.1) is 5.92 Å². The second kappa shape index (κ2) is 9.03. The van der Waals surface area contributed by atoms with Crippen molar-refractivity contribution in [2.24, 2.45) is 5.92 Å². The summed E-state index contributed by atoms with van der Waals surface area (Å²) in [5.41, 5.74) is 0. The van der Waals surface area contributed by atoms with Crippen LogP contribution >= 0.6 is 11.8 Å². The Morgan fingerprint density at radius 1 is 1.32 bits per heavy atom. The minimum atomic E-state index is 0.272. The topological polar surface area (TPSA) is 20.3 Å². The third kappa shape index (κ3) is 6.67. The van der Waals surface area contributed by atoms with E-state index in [0.29, 0.717) is 12.3 Å². The molecule has 0 aromatic heterocycles. The largest absolute Gasteiger partial charge is 0.345 e. The van der Waals surface area contributed by atoms with Gasteiger partial charge in [-0.05, 0) is 30.2 Å². The number of amides is 1. The Bertz CT molecular complexity index is 366. The summed E-state index contributed by atoms with van der Waals surface area (Å²) in [6.07, 6.45) is 2.73. The van der Waals surface area contributed by atoms with Crippen molar-refractivity contribution in [3.8, 4) is 0 Å². The molecule has 0 saturated heterocycles. The van der Waals surface area contributed by atoms with Crippen LogP contribution in [0.25, 0.3) is 0 Å². The highest BCUT2D eigenvalue weighted by atomic mass is 32.2. The summed E-state index contributed by atoms with van der Waals surface area (Å²) < 4.78 is 0. The number of benzene rings is 1. The Labute approximate surface area is 121 Å². The number of nitrogens with zero attached hydrogens (tertiary/aromatic N) is 1. The highest BCUT2D eigenvalue weighted by molar-refractivity contribution is 7.99. The number of rotatable bonds is 8. The summed E-state index contributed by atoms with van der Waals surface area (Å²) >= 11 is 1.82. The lowest BCUT2D eigenvalue weighted by atomic mass is 10.1. The van der Waals surface area contributed by atoms with E-state index in [4.69, 9.17) is 0 Å². The Balaban J connectivity index is 2.16. The maximum absolute atomic E-state index is 11.9. The molecule has 0 N–H and O–H groups in total. The molecule has 0 spiro atoms. The van der Waals surface area contributed by atoms with Crippen LogP contribution in [0.1, 0.15) is 33.1 Å². The van der Waals surface area contributed by atoms with Crippen molar-refractivity contribution in [1.82, 2.24) is 4.90 Å². The first-order valence-electron chi connectivity index (χ1n) is 7.05. The highest BCUT2D eigenvalue weighted by Gasteiger charge is 2.10. The maximum Gasteiger partial charge on any atom is 0.222 e. The van der Waals surface area contributed by atoms with E-state index in [1.165, 1.54) is 4.90 Å². The zero-order chi connectivity index (χ0) is 14.1. The monoisotopic (exact) mass is 279 g/mol. The Morgan fingerprint density at radius 2 is 2.00 bits per heavy atom. The van der Waals surface area contributed by atoms with Gasteiger partial charge < -0.3 is 4.90 Å². The molecule has 0 bridgehead atoms. The molecule has 0 aliphatic carbocycles. The van der Waals surface area contributed by atoms with Crippen molar-refractivity contribution in [2.75, 3.05) is 19.3 Å². The second-order valence-electron chi connectivity index (χ2n) is 5.05. The molecule has 1 rings (SSSR count). The van der Waals surface area contributed by atoms with Gasteiger partial charge in [-0.2, -0.15) is 0 Å². The molecule has 0 aliphatic rings. The molecule has 1 atom stereocenters. The molecule has 0 saturated carbocycles. The summed E-state index contributed by atoms with van der Waals surface area (Å²) in [6.45, 7) is 5.23. The van der Waals surface area contributed by atoms with Gasteiger partial charge in [0.15, 0.2) is 0 Å². The van der Waals surface area contributed by atoms with E-state index < -0.39 is 0 Å². The molecular weight excluding hydrogens is 254 g/mol. The van der Waals surface area contributed by atoms with E-state index in [2.05, 4.69) is 26.0 Å². The van der Waals surface area contributed by atoms with Crippen LogP contribution in [0.15, 0.2) is 35.2 Å². The molecule has 0 radical (unpaired) electrons. The second-order valence-corrected chi connectivity index (χ2v) is 6.22. The van der Waals surface area contributed by atoms with Gasteiger partial charge in [0.1, 0.15) is 0 Å².